The molecule has 0 aliphatic heterocycles. The van der Waals surface area contributed by atoms with E-state index in [9.17, 15) is 0 Å². The Bertz CT molecular complexity index is 180. The standard InChI is InChI=1S/C20H40/c1-3-5-7-9-11-13-15-17-19-20-18-16-14-12-10-8-6-4-2/h3,5H,4,6-20H2,1-2H3. The van der Waals surface area contributed by atoms with Gasteiger partial charge in [-0.05, 0) is 19.8 Å². The van der Waals surface area contributed by atoms with Crippen LogP contribution in [0.25, 0.3) is 0 Å². The van der Waals surface area contributed by atoms with Crippen molar-refractivity contribution in [2.75, 3.05) is 0 Å². The quantitative estimate of drug-likeness (QED) is 0.200. The molecule has 0 heterocycles. The van der Waals surface area contributed by atoms with E-state index in [0.717, 1.165) is 0 Å². The van der Waals surface area contributed by atoms with Crippen LogP contribution in [0.4, 0.5) is 0 Å². The maximum absolute atomic E-state index is 2.29. The lowest BCUT2D eigenvalue weighted by Gasteiger charge is -2.03. The van der Waals surface area contributed by atoms with Crippen LogP contribution >= 0.6 is 0 Å². The monoisotopic (exact) mass is 280 g/mol. The second-order valence-electron chi connectivity index (χ2n) is 6.31. The molecule has 120 valence electrons. The first kappa shape index (κ1) is 19.7. The summed E-state index contributed by atoms with van der Waals surface area (Å²) in [4.78, 5) is 0. The third kappa shape index (κ3) is 17.7. The Morgan fingerprint density at radius 3 is 1.20 bits per heavy atom. The van der Waals surface area contributed by atoms with Gasteiger partial charge in [0.05, 0.1) is 0 Å². The topological polar surface area (TPSA) is 0 Å². The van der Waals surface area contributed by atoms with E-state index in [1.165, 1.54) is 103 Å². The van der Waals surface area contributed by atoms with Gasteiger partial charge in [-0.2, -0.15) is 0 Å². The molecule has 20 heavy (non-hydrogen) atoms. The van der Waals surface area contributed by atoms with Gasteiger partial charge in [0.2, 0.25) is 0 Å². The molecule has 0 bridgehead atoms. The molecule has 0 aliphatic carbocycles. The average molecular weight is 281 g/mol. The third-order valence-corrected chi connectivity index (χ3v) is 4.21. The summed E-state index contributed by atoms with van der Waals surface area (Å²) in [5, 5.41) is 0. The number of unbranched alkanes of at least 4 members (excludes halogenated alkanes) is 15. The normalized spacial score (nSPS) is 11.5. The Balaban J connectivity index is 2.92. The molecular weight excluding hydrogens is 240 g/mol. The summed E-state index contributed by atoms with van der Waals surface area (Å²) < 4.78 is 0. The zero-order chi connectivity index (χ0) is 14.7. The highest BCUT2D eigenvalue weighted by Gasteiger charge is 1.93. The third-order valence-electron chi connectivity index (χ3n) is 4.21. The highest BCUT2D eigenvalue weighted by Crippen LogP contribution is 2.13. The predicted octanol–water partition coefficient (Wildman–Crippen LogP) is 7.82. The molecule has 0 atom stereocenters. The molecule has 0 fully saturated rings. The molecular formula is C20H40. The van der Waals surface area contributed by atoms with Gasteiger partial charge in [0.1, 0.15) is 0 Å². The molecule has 0 N–H and O–H groups in total. The van der Waals surface area contributed by atoms with Crippen LogP contribution in [0.1, 0.15) is 117 Å². The van der Waals surface area contributed by atoms with Crippen LogP contribution in [0.2, 0.25) is 0 Å². The van der Waals surface area contributed by atoms with Crippen LogP contribution in [0.5, 0.6) is 0 Å². The van der Waals surface area contributed by atoms with Crippen LogP contribution in [0.3, 0.4) is 0 Å². The summed E-state index contributed by atoms with van der Waals surface area (Å²) in [5.74, 6) is 0. The summed E-state index contributed by atoms with van der Waals surface area (Å²) in [6.07, 6.45) is 27.6. The molecule has 0 aromatic heterocycles. The Kier molecular flexibility index (Phi) is 18.5. The van der Waals surface area contributed by atoms with E-state index in [1.54, 1.807) is 0 Å². The molecule has 0 aromatic rings. The zero-order valence-electron chi connectivity index (χ0n) is 14.5. The smallest absolute Gasteiger partial charge is 0.0351 e. The van der Waals surface area contributed by atoms with Crippen LogP contribution < -0.4 is 0 Å². The fraction of sp³-hybridized carbons (Fsp3) is 0.900. The van der Waals surface area contributed by atoms with Gasteiger partial charge >= 0.3 is 0 Å². The van der Waals surface area contributed by atoms with Crippen molar-refractivity contribution < 1.29 is 0 Å². The minimum absolute atomic E-state index is 1.29. The Labute approximate surface area is 129 Å². The molecule has 0 spiro atoms. The minimum Gasteiger partial charge on any atom is -0.0917 e. The van der Waals surface area contributed by atoms with Crippen LogP contribution in [-0.4, -0.2) is 0 Å². The second kappa shape index (κ2) is 18.7. The van der Waals surface area contributed by atoms with Crippen molar-refractivity contribution in [2.45, 2.75) is 117 Å². The maximum atomic E-state index is 2.29. The first-order valence-corrected chi connectivity index (χ1v) is 9.53. The predicted molar refractivity (Wildman–Crippen MR) is 94.4 cm³/mol. The largest absolute Gasteiger partial charge is 0.0917 e. The van der Waals surface area contributed by atoms with Gasteiger partial charge < -0.3 is 0 Å². The van der Waals surface area contributed by atoms with E-state index >= 15 is 0 Å². The Morgan fingerprint density at radius 2 is 0.850 bits per heavy atom. The lowest BCUT2D eigenvalue weighted by Crippen LogP contribution is -1.83. The van der Waals surface area contributed by atoms with Crippen molar-refractivity contribution in [3.63, 3.8) is 0 Å². The number of hydrogen-bond donors (Lipinski definition) is 0. The van der Waals surface area contributed by atoms with E-state index < -0.39 is 0 Å². The summed E-state index contributed by atoms with van der Waals surface area (Å²) >= 11 is 0. The lowest BCUT2D eigenvalue weighted by atomic mass is 10.0. The number of rotatable bonds is 16. The molecule has 0 nitrogen and oxygen atoms in total. The van der Waals surface area contributed by atoms with Crippen molar-refractivity contribution in [1.29, 1.82) is 0 Å². The number of allylic oxidation sites excluding steroid dienone is 2. The average Bonchev–Trinajstić information content (AvgIpc) is 2.47. The van der Waals surface area contributed by atoms with E-state index in [4.69, 9.17) is 0 Å². The highest BCUT2D eigenvalue weighted by molar-refractivity contribution is 4.76. The second-order valence-corrected chi connectivity index (χ2v) is 6.31. The molecule has 0 unspecified atom stereocenters. The SMILES string of the molecule is CC=CCCCCCCCCCCCCCCCCC. The molecule has 0 saturated heterocycles. The fourth-order valence-corrected chi connectivity index (χ4v) is 2.80. The van der Waals surface area contributed by atoms with Gasteiger partial charge in [-0.25, -0.2) is 0 Å². The van der Waals surface area contributed by atoms with Crippen LogP contribution in [0, 0.1) is 0 Å². The summed E-state index contributed by atoms with van der Waals surface area (Å²) in [6.45, 7) is 4.41. The van der Waals surface area contributed by atoms with E-state index in [2.05, 4.69) is 26.0 Å². The van der Waals surface area contributed by atoms with Gasteiger partial charge in [0, 0.05) is 0 Å². The van der Waals surface area contributed by atoms with Gasteiger partial charge in [-0.1, -0.05) is 109 Å². The Hall–Kier alpha value is -0.260. The van der Waals surface area contributed by atoms with E-state index in [1.807, 2.05) is 0 Å². The first-order chi connectivity index (χ1) is 9.91. The molecule has 0 heteroatoms. The van der Waals surface area contributed by atoms with Crippen molar-refractivity contribution in [1.82, 2.24) is 0 Å². The molecule has 0 saturated carbocycles. The maximum Gasteiger partial charge on any atom is -0.0351 e. The minimum atomic E-state index is 1.29. The van der Waals surface area contributed by atoms with Gasteiger partial charge in [-0.15, -0.1) is 0 Å². The van der Waals surface area contributed by atoms with Crippen molar-refractivity contribution in [2.24, 2.45) is 0 Å². The molecule has 0 radical (unpaired) electrons. The van der Waals surface area contributed by atoms with Crippen LogP contribution in [0.15, 0.2) is 12.2 Å². The van der Waals surface area contributed by atoms with Gasteiger partial charge in [0.15, 0.2) is 0 Å². The zero-order valence-corrected chi connectivity index (χ0v) is 14.5. The summed E-state index contributed by atoms with van der Waals surface area (Å²) in [5.41, 5.74) is 0. The summed E-state index contributed by atoms with van der Waals surface area (Å²) in [7, 11) is 0. The van der Waals surface area contributed by atoms with Crippen LogP contribution in [-0.2, 0) is 0 Å². The summed E-state index contributed by atoms with van der Waals surface area (Å²) in [6, 6.07) is 0. The fourth-order valence-electron chi connectivity index (χ4n) is 2.80. The molecule has 0 rings (SSSR count). The Morgan fingerprint density at radius 1 is 0.500 bits per heavy atom. The number of hydrogen-bond acceptors (Lipinski definition) is 0. The lowest BCUT2D eigenvalue weighted by molar-refractivity contribution is 0.533. The van der Waals surface area contributed by atoms with Gasteiger partial charge in [-0.3, -0.25) is 0 Å². The molecule has 0 aliphatic rings. The molecule has 0 amide bonds. The van der Waals surface area contributed by atoms with Crippen molar-refractivity contribution in [3.8, 4) is 0 Å². The van der Waals surface area contributed by atoms with E-state index in [0.29, 0.717) is 0 Å². The van der Waals surface area contributed by atoms with Crippen molar-refractivity contribution >= 4 is 0 Å². The molecule has 0 aromatic carbocycles. The van der Waals surface area contributed by atoms with Crippen molar-refractivity contribution in [3.05, 3.63) is 12.2 Å². The highest BCUT2D eigenvalue weighted by atomic mass is 14.0. The van der Waals surface area contributed by atoms with Gasteiger partial charge in [0.25, 0.3) is 0 Å². The first-order valence-electron chi connectivity index (χ1n) is 9.53. The van der Waals surface area contributed by atoms with E-state index in [-0.39, 0.29) is 0 Å².